The van der Waals surface area contributed by atoms with Crippen LogP contribution in [-0.2, 0) is 11.3 Å². The molecule has 94 valence electrons. The van der Waals surface area contributed by atoms with Crippen LogP contribution in [0.4, 0.5) is 0 Å². The second-order valence-corrected chi connectivity index (χ2v) is 4.64. The number of aryl methyl sites for hydroxylation is 3. The first-order valence-electron chi connectivity index (χ1n) is 5.73. The molecule has 0 saturated carbocycles. The van der Waals surface area contributed by atoms with E-state index in [1.165, 1.54) is 0 Å². The molecule has 1 heterocycles. The normalized spacial score (nSPS) is 10.8. The summed E-state index contributed by atoms with van der Waals surface area (Å²) in [6, 6.07) is 3.79. The number of carboxylic acid groups (broad SMARTS) is 1. The van der Waals surface area contributed by atoms with Gasteiger partial charge in [0.1, 0.15) is 6.54 Å². The quantitative estimate of drug-likeness (QED) is 0.880. The number of pyridine rings is 1. The first kappa shape index (κ1) is 12.4. The molecule has 18 heavy (non-hydrogen) atoms. The zero-order valence-electron chi connectivity index (χ0n) is 10.7. The van der Waals surface area contributed by atoms with Crippen molar-refractivity contribution in [2.45, 2.75) is 27.3 Å². The summed E-state index contributed by atoms with van der Waals surface area (Å²) in [7, 11) is 0. The molecule has 0 fully saturated rings. The van der Waals surface area contributed by atoms with Crippen LogP contribution in [0.5, 0.6) is 0 Å². The number of aliphatic carboxylic acids is 1. The highest BCUT2D eigenvalue weighted by molar-refractivity contribution is 5.84. The molecule has 2 rings (SSSR count). The average molecular weight is 245 g/mol. The van der Waals surface area contributed by atoms with Crippen LogP contribution in [0, 0.1) is 20.8 Å². The van der Waals surface area contributed by atoms with Gasteiger partial charge in [-0.1, -0.05) is 6.07 Å². The zero-order chi connectivity index (χ0) is 13.4. The Bertz CT molecular complexity index is 698. The minimum absolute atomic E-state index is 0.0239. The summed E-state index contributed by atoms with van der Waals surface area (Å²) in [6.45, 7) is 5.38. The van der Waals surface area contributed by atoms with Crippen molar-refractivity contribution in [2.75, 3.05) is 0 Å². The second-order valence-electron chi connectivity index (χ2n) is 4.64. The second kappa shape index (κ2) is 4.29. The van der Waals surface area contributed by atoms with Crippen molar-refractivity contribution < 1.29 is 9.90 Å². The molecule has 0 atom stereocenters. The fourth-order valence-corrected chi connectivity index (χ4v) is 2.30. The van der Waals surface area contributed by atoms with Crippen LogP contribution in [0.25, 0.3) is 10.9 Å². The summed E-state index contributed by atoms with van der Waals surface area (Å²) >= 11 is 0. The smallest absolute Gasteiger partial charge is 0.323 e. The first-order chi connectivity index (χ1) is 8.40. The standard InChI is InChI=1S/C14H15NO3/c1-8-4-9(2)13-11(5-8)15(7-12(16)17)6-10(3)14(13)18/h4-6H,7H2,1-3H3,(H,16,17). The predicted molar refractivity (Wildman–Crippen MR) is 70.1 cm³/mol. The lowest BCUT2D eigenvalue weighted by atomic mass is 10.0. The van der Waals surface area contributed by atoms with Crippen molar-refractivity contribution in [2.24, 2.45) is 0 Å². The van der Waals surface area contributed by atoms with Gasteiger partial charge in [-0.3, -0.25) is 9.59 Å². The van der Waals surface area contributed by atoms with Gasteiger partial charge in [-0.2, -0.15) is 0 Å². The largest absolute Gasteiger partial charge is 0.480 e. The lowest BCUT2D eigenvalue weighted by molar-refractivity contribution is -0.137. The lowest BCUT2D eigenvalue weighted by Gasteiger charge is -2.12. The van der Waals surface area contributed by atoms with Crippen LogP contribution in [0.15, 0.2) is 23.1 Å². The maximum absolute atomic E-state index is 12.1. The number of nitrogens with zero attached hydrogens (tertiary/aromatic N) is 1. The van der Waals surface area contributed by atoms with Crippen molar-refractivity contribution in [1.29, 1.82) is 0 Å². The van der Waals surface area contributed by atoms with E-state index >= 15 is 0 Å². The molecule has 2 aromatic rings. The van der Waals surface area contributed by atoms with Crippen LogP contribution in [0.2, 0.25) is 0 Å². The van der Waals surface area contributed by atoms with Gasteiger partial charge in [0.25, 0.3) is 0 Å². The molecule has 0 aliphatic carbocycles. The minimum Gasteiger partial charge on any atom is -0.480 e. The Balaban J connectivity index is 2.91. The summed E-state index contributed by atoms with van der Waals surface area (Å²) in [4.78, 5) is 23.0. The fraction of sp³-hybridized carbons (Fsp3) is 0.286. The zero-order valence-corrected chi connectivity index (χ0v) is 10.7. The highest BCUT2D eigenvalue weighted by atomic mass is 16.4. The lowest BCUT2D eigenvalue weighted by Crippen LogP contribution is -2.17. The Kier molecular flexibility index (Phi) is 2.95. The van der Waals surface area contributed by atoms with Crippen LogP contribution in [0.1, 0.15) is 16.7 Å². The monoisotopic (exact) mass is 245 g/mol. The first-order valence-corrected chi connectivity index (χ1v) is 5.73. The molecule has 4 nitrogen and oxygen atoms in total. The summed E-state index contributed by atoms with van der Waals surface area (Å²) in [6.07, 6.45) is 1.61. The number of carboxylic acids is 1. The summed E-state index contributed by atoms with van der Waals surface area (Å²) in [5.41, 5.74) is 3.13. The summed E-state index contributed by atoms with van der Waals surface area (Å²) < 4.78 is 1.62. The van der Waals surface area contributed by atoms with Crippen molar-refractivity contribution in [3.8, 4) is 0 Å². The number of aromatic nitrogens is 1. The van der Waals surface area contributed by atoms with E-state index in [9.17, 15) is 9.59 Å². The molecule has 1 aromatic heterocycles. The van der Waals surface area contributed by atoms with Gasteiger partial charge in [0, 0.05) is 17.1 Å². The third kappa shape index (κ3) is 2.01. The maximum Gasteiger partial charge on any atom is 0.323 e. The molecule has 0 bridgehead atoms. The van der Waals surface area contributed by atoms with Gasteiger partial charge in [-0.05, 0) is 38.0 Å². The summed E-state index contributed by atoms with van der Waals surface area (Å²) in [5, 5.41) is 9.54. The van der Waals surface area contributed by atoms with E-state index in [1.807, 2.05) is 26.0 Å². The molecule has 0 spiro atoms. The van der Waals surface area contributed by atoms with E-state index in [2.05, 4.69) is 0 Å². The molecule has 0 saturated heterocycles. The molecule has 0 aliphatic heterocycles. The van der Waals surface area contributed by atoms with Crippen molar-refractivity contribution >= 4 is 16.9 Å². The van der Waals surface area contributed by atoms with Crippen molar-refractivity contribution in [1.82, 2.24) is 4.57 Å². The number of fused-ring (bicyclic) bond motifs is 1. The molecule has 0 aliphatic rings. The predicted octanol–water partition coefficient (Wildman–Crippen LogP) is 2.01. The molecular weight excluding hydrogens is 230 g/mol. The third-order valence-electron chi connectivity index (χ3n) is 3.01. The van der Waals surface area contributed by atoms with Crippen LogP contribution < -0.4 is 5.43 Å². The molecule has 0 amide bonds. The molecule has 0 radical (unpaired) electrons. The third-order valence-corrected chi connectivity index (χ3v) is 3.01. The van der Waals surface area contributed by atoms with E-state index in [1.54, 1.807) is 17.7 Å². The SMILES string of the molecule is Cc1cc(C)c2c(=O)c(C)cn(CC(=O)O)c2c1. The summed E-state index contributed by atoms with van der Waals surface area (Å²) in [5.74, 6) is -0.918. The Morgan fingerprint density at radius 3 is 2.50 bits per heavy atom. The van der Waals surface area contributed by atoms with E-state index < -0.39 is 5.97 Å². The van der Waals surface area contributed by atoms with E-state index in [0.717, 1.165) is 11.1 Å². The highest BCUT2D eigenvalue weighted by Crippen LogP contribution is 2.18. The number of rotatable bonds is 2. The van der Waals surface area contributed by atoms with E-state index in [0.29, 0.717) is 16.5 Å². The van der Waals surface area contributed by atoms with Gasteiger partial charge in [0.15, 0.2) is 5.43 Å². The number of benzene rings is 1. The molecule has 4 heteroatoms. The Labute approximate surface area is 104 Å². The van der Waals surface area contributed by atoms with Crippen molar-refractivity contribution in [3.63, 3.8) is 0 Å². The molecule has 0 unspecified atom stereocenters. The van der Waals surface area contributed by atoms with Gasteiger partial charge in [-0.25, -0.2) is 0 Å². The van der Waals surface area contributed by atoms with Crippen molar-refractivity contribution in [3.05, 3.63) is 45.2 Å². The van der Waals surface area contributed by atoms with Gasteiger partial charge >= 0.3 is 5.97 Å². The van der Waals surface area contributed by atoms with Gasteiger partial charge < -0.3 is 9.67 Å². The average Bonchev–Trinajstić information content (AvgIpc) is 2.24. The Morgan fingerprint density at radius 1 is 1.22 bits per heavy atom. The number of hydrogen-bond donors (Lipinski definition) is 1. The van der Waals surface area contributed by atoms with Gasteiger partial charge in [0.05, 0.1) is 5.52 Å². The number of carbonyl (C=O) groups is 1. The van der Waals surface area contributed by atoms with Crippen LogP contribution in [0.3, 0.4) is 0 Å². The highest BCUT2D eigenvalue weighted by Gasteiger charge is 2.11. The molecule has 1 aromatic carbocycles. The Hall–Kier alpha value is -2.10. The van der Waals surface area contributed by atoms with Gasteiger partial charge in [0.2, 0.25) is 0 Å². The van der Waals surface area contributed by atoms with E-state index in [4.69, 9.17) is 5.11 Å². The Morgan fingerprint density at radius 2 is 1.89 bits per heavy atom. The molecule has 1 N–H and O–H groups in total. The van der Waals surface area contributed by atoms with Crippen LogP contribution in [-0.4, -0.2) is 15.6 Å². The van der Waals surface area contributed by atoms with Gasteiger partial charge in [-0.15, -0.1) is 0 Å². The maximum atomic E-state index is 12.1. The topological polar surface area (TPSA) is 59.3 Å². The molecular formula is C14H15NO3. The minimum atomic E-state index is -0.918. The fourth-order valence-electron chi connectivity index (χ4n) is 2.30. The van der Waals surface area contributed by atoms with Crippen LogP contribution >= 0.6 is 0 Å². The number of hydrogen-bond acceptors (Lipinski definition) is 2. The van der Waals surface area contributed by atoms with E-state index in [-0.39, 0.29) is 12.0 Å².